The van der Waals surface area contributed by atoms with Gasteiger partial charge >= 0.3 is 0 Å². The van der Waals surface area contributed by atoms with E-state index >= 15 is 0 Å². The molecular weight excluding hydrogens is 230 g/mol. The first kappa shape index (κ1) is 13.2. The molecule has 1 aromatic rings. The molecule has 0 spiro atoms. The van der Waals surface area contributed by atoms with Crippen molar-refractivity contribution < 1.29 is 14.2 Å². The summed E-state index contributed by atoms with van der Waals surface area (Å²) in [6.45, 7) is 0.849. The molecule has 0 saturated heterocycles. The first-order valence-electron chi connectivity index (χ1n) is 6.24. The van der Waals surface area contributed by atoms with Crippen LogP contribution in [0.25, 0.3) is 0 Å². The lowest BCUT2D eigenvalue weighted by atomic mass is 9.89. The number of rotatable bonds is 6. The number of methoxy groups -OCH3 is 3. The van der Waals surface area contributed by atoms with Crippen molar-refractivity contribution in [2.45, 2.75) is 31.5 Å². The Morgan fingerprint density at radius 3 is 2.44 bits per heavy atom. The molecule has 1 N–H and O–H groups in total. The maximum atomic E-state index is 5.29. The van der Waals surface area contributed by atoms with Gasteiger partial charge < -0.3 is 19.5 Å². The lowest BCUT2D eigenvalue weighted by molar-refractivity contribution is 0.0170. The zero-order valence-corrected chi connectivity index (χ0v) is 11.2. The van der Waals surface area contributed by atoms with Crippen LogP contribution in [0.2, 0.25) is 0 Å². The molecule has 0 atom stereocenters. The van der Waals surface area contributed by atoms with Crippen molar-refractivity contribution in [2.75, 3.05) is 21.3 Å². The van der Waals surface area contributed by atoms with E-state index < -0.39 is 0 Å². The van der Waals surface area contributed by atoms with E-state index in [0.717, 1.165) is 30.9 Å². The second-order valence-electron chi connectivity index (χ2n) is 4.60. The van der Waals surface area contributed by atoms with Crippen molar-refractivity contribution in [2.24, 2.45) is 0 Å². The lowest BCUT2D eigenvalue weighted by Crippen LogP contribution is -2.44. The molecule has 0 aromatic heterocycles. The zero-order chi connectivity index (χ0) is 13.0. The summed E-state index contributed by atoms with van der Waals surface area (Å²) in [6, 6.07) is 6.58. The van der Waals surface area contributed by atoms with Crippen molar-refractivity contribution in [1.29, 1.82) is 0 Å². The molecule has 0 heterocycles. The van der Waals surface area contributed by atoms with Crippen molar-refractivity contribution in [3.05, 3.63) is 23.8 Å². The van der Waals surface area contributed by atoms with E-state index in [-0.39, 0.29) is 0 Å². The summed E-state index contributed by atoms with van der Waals surface area (Å²) in [6.07, 6.45) is 2.64. The number of hydrogen-bond acceptors (Lipinski definition) is 4. The molecule has 4 heteroatoms. The number of ether oxygens (including phenoxy) is 3. The Balaban J connectivity index is 1.86. The lowest BCUT2D eigenvalue weighted by Gasteiger charge is -2.34. The topological polar surface area (TPSA) is 39.7 Å². The third-order valence-electron chi connectivity index (χ3n) is 3.47. The summed E-state index contributed by atoms with van der Waals surface area (Å²) in [5, 5.41) is 3.51. The Kier molecular flexibility index (Phi) is 4.44. The Morgan fingerprint density at radius 1 is 1.11 bits per heavy atom. The quantitative estimate of drug-likeness (QED) is 0.839. The smallest absolute Gasteiger partial charge is 0.161 e. The molecule has 0 bridgehead atoms. The highest BCUT2D eigenvalue weighted by Crippen LogP contribution is 2.28. The van der Waals surface area contributed by atoms with Gasteiger partial charge in [0.1, 0.15) is 0 Å². The molecule has 2 rings (SSSR count). The van der Waals surface area contributed by atoms with E-state index in [9.17, 15) is 0 Å². The monoisotopic (exact) mass is 251 g/mol. The minimum absolute atomic E-state index is 0.438. The summed E-state index contributed by atoms with van der Waals surface area (Å²) in [5.74, 6) is 1.55. The van der Waals surface area contributed by atoms with Crippen LogP contribution >= 0.6 is 0 Å². The third kappa shape index (κ3) is 2.94. The standard InChI is InChI=1S/C14H21NO3/c1-16-12-7-11(8-12)15-9-10-4-5-13(17-2)14(6-10)18-3/h4-6,11-12,15H,7-9H2,1-3H3. The summed E-state index contributed by atoms with van der Waals surface area (Å²) in [4.78, 5) is 0. The van der Waals surface area contributed by atoms with E-state index in [1.54, 1.807) is 21.3 Å². The van der Waals surface area contributed by atoms with Crippen molar-refractivity contribution in [3.8, 4) is 11.5 Å². The second-order valence-corrected chi connectivity index (χ2v) is 4.60. The average Bonchev–Trinajstić information content (AvgIpc) is 2.37. The van der Waals surface area contributed by atoms with Gasteiger partial charge in [0.05, 0.1) is 20.3 Å². The molecule has 18 heavy (non-hydrogen) atoms. The van der Waals surface area contributed by atoms with Crippen molar-refractivity contribution >= 4 is 0 Å². The summed E-state index contributed by atoms with van der Waals surface area (Å²) in [5.41, 5.74) is 1.20. The van der Waals surface area contributed by atoms with Crippen LogP contribution in [0.15, 0.2) is 18.2 Å². The molecule has 100 valence electrons. The van der Waals surface area contributed by atoms with Gasteiger partial charge in [-0.25, -0.2) is 0 Å². The van der Waals surface area contributed by atoms with Gasteiger partial charge in [-0.3, -0.25) is 0 Å². The molecule has 0 aliphatic heterocycles. The summed E-state index contributed by atoms with van der Waals surface area (Å²) in [7, 11) is 5.08. The molecule has 0 amide bonds. The van der Waals surface area contributed by atoms with Crippen LogP contribution in [0.3, 0.4) is 0 Å². The largest absolute Gasteiger partial charge is 0.493 e. The Labute approximate surface area is 108 Å². The Hall–Kier alpha value is -1.26. The predicted octanol–water partition coefficient (Wildman–Crippen LogP) is 1.97. The van der Waals surface area contributed by atoms with Gasteiger partial charge in [0.15, 0.2) is 11.5 Å². The first-order valence-corrected chi connectivity index (χ1v) is 6.24. The van der Waals surface area contributed by atoms with E-state index in [1.807, 2.05) is 12.1 Å². The molecule has 1 fully saturated rings. The molecule has 0 unspecified atom stereocenters. The van der Waals surface area contributed by atoms with E-state index in [4.69, 9.17) is 14.2 Å². The molecule has 1 aromatic carbocycles. The number of benzene rings is 1. The SMILES string of the molecule is COc1ccc(CNC2CC(OC)C2)cc1OC. The summed E-state index contributed by atoms with van der Waals surface area (Å²) >= 11 is 0. The number of nitrogens with one attached hydrogen (secondary N) is 1. The maximum Gasteiger partial charge on any atom is 0.161 e. The highest BCUT2D eigenvalue weighted by atomic mass is 16.5. The molecule has 1 aliphatic carbocycles. The van der Waals surface area contributed by atoms with E-state index in [1.165, 1.54) is 5.56 Å². The van der Waals surface area contributed by atoms with Gasteiger partial charge in [0.2, 0.25) is 0 Å². The fourth-order valence-electron chi connectivity index (χ4n) is 2.18. The van der Waals surface area contributed by atoms with Crippen molar-refractivity contribution in [3.63, 3.8) is 0 Å². The normalized spacial score (nSPS) is 22.4. The van der Waals surface area contributed by atoms with E-state index in [0.29, 0.717) is 12.1 Å². The molecular formula is C14H21NO3. The van der Waals surface area contributed by atoms with Crippen LogP contribution in [0.4, 0.5) is 0 Å². The van der Waals surface area contributed by atoms with Gasteiger partial charge in [-0.15, -0.1) is 0 Å². The minimum Gasteiger partial charge on any atom is -0.493 e. The van der Waals surface area contributed by atoms with Crippen LogP contribution in [-0.2, 0) is 11.3 Å². The molecule has 1 saturated carbocycles. The van der Waals surface area contributed by atoms with Crippen LogP contribution in [-0.4, -0.2) is 33.5 Å². The fraction of sp³-hybridized carbons (Fsp3) is 0.571. The highest BCUT2D eigenvalue weighted by molar-refractivity contribution is 5.42. The van der Waals surface area contributed by atoms with Crippen LogP contribution in [0, 0.1) is 0 Å². The third-order valence-corrected chi connectivity index (χ3v) is 3.47. The van der Waals surface area contributed by atoms with Gasteiger partial charge in [-0.05, 0) is 30.5 Å². The van der Waals surface area contributed by atoms with E-state index in [2.05, 4.69) is 11.4 Å². The Morgan fingerprint density at radius 2 is 1.83 bits per heavy atom. The van der Waals surface area contributed by atoms with Gasteiger partial charge in [-0.1, -0.05) is 6.07 Å². The van der Waals surface area contributed by atoms with Crippen LogP contribution < -0.4 is 14.8 Å². The highest BCUT2D eigenvalue weighted by Gasteiger charge is 2.28. The maximum absolute atomic E-state index is 5.29. The number of hydrogen-bond donors (Lipinski definition) is 1. The van der Waals surface area contributed by atoms with Crippen molar-refractivity contribution in [1.82, 2.24) is 5.32 Å². The average molecular weight is 251 g/mol. The van der Waals surface area contributed by atoms with Gasteiger partial charge in [-0.2, -0.15) is 0 Å². The summed E-state index contributed by atoms with van der Waals surface area (Å²) < 4.78 is 15.8. The zero-order valence-electron chi connectivity index (χ0n) is 11.2. The molecule has 1 aliphatic rings. The minimum atomic E-state index is 0.438. The van der Waals surface area contributed by atoms with Crippen LogP contribution in [0.5, 0.6) is 11.5 Å². The second kappa shape index (κ2) is 6.07. The fourth-order valence-corrected chi connectivity index (χ4v) is 2.18. The first-order chi connectivity index (χ1) is 8.76. The Bertz CT molecular complexity index is 389. The van der Waals surface area contributed by atoms with Crippen LogP contribution in [0.1, 0.15) is 18.4 Å². The predicted molar refractivity (Wildman–Crippen MR) is 70.2 cm³/mol. The van der Waals surface area contributed by atoms with Gasteiger partial charge in [0, 0.05) is 19.7 Å². The molecule has 4 nitrogen and oxygen atoms in total. The molecule has 0 radical (unpaired) electrons. The van der Waals surface area contributed by atoms with Gasteiger partial charge in [0.25, 0.3) is 0 Å².